The van der Waals surface area contributed by atoms with Gasteiger partial charge in [-0.05, 0) is 78.4 Å². The van der Waals surface area contributed by atoms with Gasteiger partial charge in [0.15, 0.2) is 0 Å². The number of carbonyl (C=O) groups excluding carboxylic acids is 2. The van der Waals surface area contributed by atoms with E-state index in [2.05, 4.69) is 10.3 Å². The summed E-state index contributed by atoms with van der Waals surface area (Å²) < 4.78 is 11.1. The average molecular weight is 701 g/mol. The van der Waals surface area contributed by atoms with Gasteiger partial charge in [-0.25, -0.2) is 9.78 Å². The van der Waals surface area contributed by atoms with Gasteiger partial charge in [-0.15, -0.1) is 0 Å². The number of rotatable bonds is 12. The van der Waals surface area contributed by atoms with Gasteiger partial charge >= 0.3 is 6.03 Å². The molecule has 6 rings (SSSR count). The predicted octanol–water partition coefficient (Wildman–Crippen LogP) is 6.04. The molecule has 3 N–H and O–H groups in total. The number of nitrogens with zero attached hydrogens (tertiary/aromatic N) is 3. The lowest BCUT2D eigenvalue weighted by Gasteiger charge is -2.36. The molecule has 0 radical (unpaired) electrons. The quantitative estimate of drug-likeness (QED) is 0.145. The number of aliphatic hydroxyl groups is 2. The van der Waals surface area contributed by atoms with Crippen molar-refractivity contribution in [3.63, 3.8) is 0 Å². The van der Waals surface area contributed by atoms with Crippen molar-refractivity contribution >= 4 is 17.8 Å². The Morgan fingerprint density at radius 1 is 0.673 bits per heavy atom. The number of carbonyl (C=O) groups is 2. The molecule has 1 aromatic heterocycles. The number of nitrogens with one attached hydrogen (secondary N) is 1. The maximum atomic E-state index is 15.1. The zero-order valence-electron chi connectivity index (χ0n) is 29.6. The molecule has 5 aromatic rings. The molecule has 1 fully saturated rings. The van der Waals surface area contributed by atoms with Crippen LogP contribution in [0.5, 0.6) is 11.5 Å². The first-order chi connectivity index (χ1) is 25.2. The third-order valence-electron chi connectivity index (χ3n) is 9.44. The highest BCUT2D eigenvalue weighted by molar-refractivity contribution is 6.03. The van der Waals surface area contributed by atoms with Crippen molar-refractivity contribution in [2.45, 2.75) is 57.1 Å². The lowest BCUT2D eigenvalue weighted by molar-refractivity contribution is -0.0408. The number of benzene rings is 4. The molecule has 1 aliphatic rings. The van der Waals surface area contributed by atoms with E-state index in [1.54, 1.807) is 54.4 Å². The summed E-state index contributed by atoms with van der Waals surface area (Å²) in [6.45, 7) is 2.03. The number of pyridine rings is 1. The molecule has 52 heavy (non-hydrogen) atoms. The van der Waals surface area contributed by atoms with Crippen molar-refractivity contribution in [3.05, 3.63) is 155 Å². The molecular weight excluding hydrogens is 656 g/mol. The highest BCUT2D eigenvalue weighted by Gasteiger charge is 2.46. The third kappa shape index (κ3) is 8.59. The van der Waals surface area contributed by atoms with Crippen molar-refractivity contribution in [2.75, 3.05) is 19.5 Å². The monoisotopic (exact) mass is 700 g/mol. The number of aliphatic hydroxyl groups excluding tert-OH is 2. The van der Waals surface area contributed by atoms with Gasteiger partial charge in [0.2, 0.25) is 0 Å². The van der Waals surface area contributed by atoms with Gasteiger partial charge in [-0.3, -0.25) is 4.79 Å². The second-order valence-corrected chi connectivity index (χ2v) is 13.1. The Balaban J connectivity index is 1.40. The van der Waals surface area contributed by atoms with E-state index in [4.69, 9.17) is 9.47 Å². The number of aryl methyl sites for hydroxylation is 1. The minimum Gasteiger partial charge on any atom is -0.497 e. The molecule has 2 heterocycles. The fraction of sp³-hybridized carbons (Fsp3) is 0.262. The molecule has 0 saturated carbocycles. The molecule has 10 heteroatoms. The van der Waals surface area contributed by atoms with Crippen LogP contribution in [0.2, 0.25) is 0 Å². The standard InChI is InChI=1S/C42H44N4O6/c1-28-12-10-19-38(43-28)44-41(49)33-18-11-17-31(20-33)26-45-36(23-29-13-6-4-7-14-29)39(47)40(48)37(24-30-15-8-5-9-16-30)46(42(45)50)27-32-21-34(51-2)25-35(22-32)52-3/h4-22,25,36-37,39-40,47-48H,23-24,26-27H2,1-3H3,(H,43,44,49)/t36-,37-,39+,40+/m1/s1. The fourth-order valence-corrected chi connectivity index (χ4v) is 6.78. The summed E-state index contributed by atoms with van der Waals surface area (Å²) in [6.07, 6.45) is -2.00. The Morgan fingerprint density at radius 3 is 1.73 bits per heavy atom. The first kappa shape index (κ1) is 36.1. The molecule has 4 aromatic carbocycles. The lowest BCUT2D eigenvalue weighted by Crippen LogP contribution is -2.50. The molecular formula is C42H44N4O6. The van der Waals surface area contributed by atoms with Crippen LogP contribution in [0.3, 0.4) is 0 Å². The molecule has 0 unspecified atom stereocenters. The van der Waals surface area contributed by atoms with Gasteiger partial charge in [0.25, 0.3) is 5.91 Å². The number of hydrogen-bond donors (Lipinski definition) is 3. The van der Waals surface area contributed by atoms with Crippen LogP contribution < -0.4 is 14.8 Å². The van der Waals surface area contributed by atoms with E-state index in [-0.39, 0.29) is 25.0 Å². The van der Waals surface area contributed by atoms with E-state index < -0.39 is 24.3 Å². The van der Waals surface area contributed by atoms with Gasteiger partial charge in [0.1, 0.15) is 29.5 Å². The van der Waals surface area contributed by atoms with Crippen LogP contribution in [0.1, 0.15) is 38.3 Å². The summed E-state index contributed by atoms with van der Waals surface area (Å²) in [4.78, 5) is 36.1. The van der Waals surface area contributed by atoms with E-state index in [9.17, 15) is 15.0 Å². The first-order valence-corrected chi connectivity index (χ1v) is 17.3. The van der Waals surface area contributed by atoms with Gasteiger partial charge in [-0.1, -0.05) is 78.9 Å². The van der Waals surface area contributed by atoms with Crippen LogP contribution in [-0.4, -0.2) is 75.4 Å². The van der Waals surface area contributed by atoms with Gasteiger partial charge in [-0.2, -0.15) is 0 Å². The number of hydrogen-bond acceptors (Lipinski definition) is 7. The van der Waals surface area contributed by atoms with Crippen molar-refractivity contribution < 1.29 is 29.3 Å². The maximum absolute atomic E-state index is 15.1. The van der Waals surface area contributed by atoms with Crippen molar-refractivity contribution in [3.8, 4) is 11.5 Å². The van der Waals surface area contributed by atoms with Crippen LogP contribution >= 0.6 is 0 Å². The Bertz CT molecular complexity index is 1950. The number of amides is 3. The summed E-state index contributed by atoms with van der Waals surface area (Å²) >= 11 is 0. The summed E-state index contributed by atoms with van der Waals surface area (Å²) in [5.41, 5.74) is 4.40. The van der Waals surface area contributed by atoms with Crippen LogP contribution in [-0.2, 0) is 25.9 Å². The van der Waals surface area contributed by atoms with Crippen LogP contribution in [0.4, 0.5) is 10.6 Å². The van der Waals surface area contributed by atoms with Crippen molar-refractivity contribution in [1.82, 2.24) is 14.8 Å². The van der Waals surface area contributed by atoms with E-state index in [0.29, 0.717) is 41.3 Å². The largest absolute Gasteiger partial charge is 0.497 e. The summed E-state index contributed by atoms with van der Waals surface area (Å²) in [7, 11) is 3.13. The van der Waals surface area contributed by atoms with E-state index in [1.165, 1.54) is 0 Å². The lowest BCUT2D eigenvalue weighted by atomic mass is 9.91. The summed E-state index contributed by atoms with van der Waals surface area (Å²) in [5, 5.41) is 27.0. The molecule has 268 valence electrons. The highest BCUT2D eigenvalue weighted by Crippen LogP contribution is 2.32. The smallest absolute Gasteiger partial charge is 0.321 e. The second-order valence-electron chi connectivity index (χ2n) is 13.1. The average Bonchev–Trinajstić information content (AvgIpc) is 3.22. The fourth-order valence-electron chi connectivity index (χ4n) is 6.78. The second kappa shape index (κ2) is 16.5. The molecule has 10 nitrogen and oxygen atoms in total. The van der Waals surface area contributed by atoms with Crippen LogP contribution in [0, 0.1) is 6.92 Å². The molecule has 3 amide bonds. The molecule has 0 spiro atoms. The van der Waals surface area contributed by atoms with Crippen molar-refractivity contribution in [2.24, 2.45) is 0 Å². The summed E-state index contributed by atoms with van der Waals surface area (Å²) in [6, 6.07) is 35.2. The van der Waals surface area contributed by atoms with E-state index in [0.717, 1.165) is 22.4 Å². The Hall–Kier alpha value is -5.71. The first-order valence-electron chi connectivity index (χ1n) is 17.3. The van der Waals surface area contributed by atoms with Crippen LogP contribution in [0.25, 0.3) is 0 Å². The zero-order valence-corrected chi connectivity index (χ0v) is 29.6. The molecule has 4 atom stereocenters. The van der Waals surface area contributed by atoms with Gasteiger partial charge in [0.05, 0.1) is 26.3 Å². The predicted molar refractivity (Wildman–Crippen MR) is 199 cm³/mol. The van der Waals surface area contributed by atoms with Gasteiger partial charge in [0, 0.05) is 30.4 Å². The van der Waals surface area contributed by atoms with E-state index in [1.807, 2.05) is 97.9 Å². The number of aromatic nitrogens is 1. The maximum Gasteiger partial charge on any atom is 0.321 e. The molecule has 0 aliphatic carbocycles. The minimum atomic E-state index is -1.30. The topological polar surface area (TPSA) is 124 Å². The summed E-state index contributed by atoms with van der Waals surface area (Å²) in [5.74, 6) is 1.22. The van der Waals surface area contributed by atoms with Crippen molar-refractivity contribution in [1.29, 1.82) is 0 Å². The molecule has 1 aliphatic heterocycles. The van der Waals surface area contributed by atoms with Crippen LogP contribution in [0.15, 0.2) is 121 Å². The zero-order chi connectivity index (χ0) is 36.6. The third-order valence-corrected chi connectivity index (χ3v) is 9.44. The minimum absolute atomic E-state index is 0.0694. The Kier molecular flexibility index (Phi) is 11.5. The number of ether oxygens (including phenoxy) is 2. The number of methoxy groups -OCH3 is 2. The van der Waals surface area contributed by atoms with Gasteiger partial charge < -0.3 is 34.8 Å². The Morgan fingerprint density at radius 2 is 1.19 bits per heavy atom. The number of anilines is 1. The molecule has 0 bridgehead atoms. The van der Waals surface area contributed by atoms with E-state index >= 15 is 4.79 Å². The molecule has 1 saturated heterocycles. The Labute approximate surface area is 304 Å². The highest BCUT2D eigenvalue weighted by atomic mass is 16.5. The normalized spacial score (nSPS) is 18.8. The number of urea groups is 1. The SMILES string of the molecule is COc1cc(CN2C(=O)N(Cc3cccc(C(=O)Nc4cccc(C)n4)c3)[C@H](Cc3ccccc3)[C@H](O)[C@@H](O)[C@H]2Cc2ccccc2)cc(OC)c1.